The van der Waals surface area contributed by atoms with Gasteiger partial charge in [0.25, 0.3) is 0 Å². The van der Waals surface area contributed by atoms with Gasteiger partial charge in [-0.25, -0.2) is 4.79 Å². The minimum atomic E-state index is -0.459. The van der Waals surface area contributed by atoms with Crippen LogP contribution >= 0.6 is 11.6 Å². The smallest absolute Gasteiger partial charge is 0.411 e. The van der Waals surface area contributed by atoms with Gasteiger partial charge in [0.2, 0.25) is 0 Å². The van der Waals surface area contributed by atoms with Crippen LogP contribution in [0.25, 0.3) is 0 Å². The summed E-state index contributed by atoms with van der Waals surface area (Å²) in [7, 11) is 0. The van der Waals surface area contributed by atoms with Crippen molar-refractivity contribution in [2.24, 2.45) is 0 Å². The van der Waals surface area contributed by atoms with E-state index in [0.717, 1.165) is 19.6 Å². The molecule has 1 aromatic carbocycles. The fourth-order valence-corrected chi connectivity index (χ4v) is 2.26. The molecule has 0 aliphatic carbocycles. The molecule has 0 aliphatic heterocycles. The van der Waals surface area contributed by atoms with E-state index in [1.165, 1.54) is 25.7 Å². The highest BCUT2D eigenvalue weighted by Crippen LogP contribution is 2.20. The number of carbonyl (C=O) groups is 1. The summed E-state index contributed by atoms with van der Waals surface area (Å²) in [6, 6.07) is 7.11. The number of unbranched alkanes of at least 4 members (excludes halogenated alkanes) is 2. The number of para-hydroxylation sites is 1. The summed E-state index contributed by atoms with van der Waals surface area (Å²) in [6.07, 6.45) is 4.25. The van der Waals surface area contributed by atoms with Crippen LogP contribution in [0.3, 0.4) is 0 Å². The Hall–Kier alpha value is -1.26. The van der Waals surface area contributed by atoms with E-state index in [-0.39, 0.29) is 0 Å². The second-order valence-electron chi connectivity index (χ2n) is 5.29. The van der Waals surface area contributed by atoms with Crippen molar-refractivity contribution >= 4 is 23.4 Å². The molecule has 1 rings (SSSR count). The number of nitrogens with one attached hydrogen (secondary N) is 1. The summed E-state index contributed by atoms with van der Waals surface area (Å²) in [6.45, 7) is 7.66. The molecule has 0 saturated heterocycles. The van der Waals surface area contributed by atoms with Crippen LogP contribution in [0.5, 0.6) is 0 Å². The standard InChI is InChI=1S/C17H27ClN2O2/c1-3-5-11-20(12-6-4-2)13-14-22-17(21)19-16-10-8-7-9-15(16)18/h7-10H,3-6,11-14H2,1-2H3,(H,19,21). The maximum atomic E-state index is 11.8. The highest BCUT2D eigenvalue weighted by Gasteiger charge is 2.08. The second kappa shape index (κ2) is 11.3. The minimum absolute atomic E-state index is 0.393. The largest absolute Gasteiger partial charge is 0.448 e. The molecule has 0 saturated carbocycles. The Morgan fingerprint density at radius 2 is 1.77 bits per heavy atom. The van der Waals surface area contributed by atoms with Gasteiger partial charge in [-0.05, 0) is 38.1 Å². The Balaban J connectivity index is 2.31. The number of nitrogens with zero attached hydrogens (tertiary/aromatic N) is 1. The summed E-state index contributed by atoms with van der Waals surface area (Å²) in [5, 5.41) is 3.17. The highest BCUT2D eigenvalue weighted by atomic mass is 35.5. The average molecular weight is 327 g/mol. The van der Waals surface area contributed by atoms with Gasteiger partial charge in [-0.3, -0.25) is 10.2 Å². The molecule has 0 aliphatic rings. The predicted octanol–water partition coefficient (Wildman–Crippen LogP) is 4.79. The Morgan fingerprint density at radius 1 is 1.14 bits per heavy atom. The number of ether oxygens (including phenoxy) is 1. The fourth-order valence-electron chi connectivity index (χ4n) is 2.07. The lowest BCUT2D eigenvalue weighted by Crippen LogP contribution is -2.31. The van der Waals surface area contributed by atoms with Crippen LogP contribution in [0, 0.1) is 0 Å². The summed E-state index contributed by atoms with van der Waals surface area (Å²) < 4.78 is 5.24. The quantitative estimate of drug-likeness (QED) is 0.672. The first kappa shape index (κ1) is 18.8. The van der Waals surface area contributed by atoms with E-state index in [0.29, 0.717) is 17.3 Å². The molecule has 0 radical (unpaired) electrons. The van der Waals surface area contributed by atoms with Crippen LogP contribution in [0.2, 0.25) is 5.02 Å². The predicted molar refractivity (Wildman–Crippen MR) is 92.7 cm³/mol. The first-order chi connectivity index (χ1) is 10.7. The lowest BCUT2D eigenvalue weighted by atomic mass is 10.2. The van der Waals surface area contributed by atoms with Gasteiger partial charge in [0, 0.05) is 6.54 Å². The molecule has 1 N–H and O–H groups in total. The van der Waals surface area contributed by atoms with Crippen molar-refractivity contribution in [2.45, 2.75) is 39.5 Å². The molecule has 5 heteroatoms. The van der Waals surface area contributed by atoms with E-state index in [1.54, 1.807) is 12.1 Å². The third-order valence-corrected chi connectivity index (χ3v) is 3.74. The molecule has 22 heavy (non-hydrogen) atoms. The zero-order chi connectivity index (χ0) is 16.2. The topological polar surface area (TPSA) is 41.6 Å². The maximum absolute atomic E-state index is 11.8. The van der Waals surface area contributed by atoms with Gasteiger partial charge in [-0.1, -0.05) is 50.4 Å². The molecular weight excluding hydrogens is 300 g/mol. The molecule has 1 aromatic rings. The average Bonchev–Trinajstić information content (AvgIpc) is 2.51. The molecule has 1 amide bonds. The number of amides is 1. The molecule has 0 spiro atoms. The SMILES string of the molecule is CCCCN(CCCC)CCOC(=O)Nc1ccccc1Cl. The summed E-state index contributed by atoms with van der Waals surface area (Å²) >= 11 is 5.99. The fraction of sp³-hybridized carbons (Fsp3) is 0.588. The van der Waals surface area contributed by atoms with E-state index in [2.05, 4.69) is 24.1 Å². The normalized spacial score (nSPS) is 10.7. The van der Waals surface area contributed by atoms with E-state index < -0.39 is 6.09 Å². The van der Waals surface area contributed by atoms with Gasteiger partial charge >= 0.3 is 6.09 Å². The van der Waals surface area contributed by atoms with E-state index in [9.17, 15) is 4.79 Å². The molecule has 0 heterocycles. The van der Waals surface area contributed by atoms with Crippen molar-refractivity contribution in [3.05, 3.63) is 29.3 Å². The molecule has 0 fully saturated rings. The molecule has 4 nitrogen and oxygen atoms in total. The zero-order valence-corrected chi connectivity index (χ0v) is 14.4. The minimum Gasteiger partial charge on any atom is -0.448 e. The molecule has 0 bridgehead atoms. The van der Waals surface area contributed by atoms with E-state index in [1.807, 2.05) is 12.1 Å². The summed E-state index contributed by atoms with van der Waals surface area (Å²) in [4.78, 5) is 14.1. The van der Waals surface area contributed by atoms with Crippen molar-refractivity contribution in [3.63, 3.8) is 0 Å². The second-order valence-corrected chi connectivity index (χ2v) is 5.70. The number of halogens is 1. The molecule has 0 unspecified atom stereocenters. The number of rotatable bonds is 10. The number of carbonyl (C=O) groups excluding carboxylic acids is 1. The van der Waals surface area contributed by atoms with E-state index in [4.69, 9.17) is 16.3 Å². The number of anilines is 1. The number of hydrogen-bond donors (Lipinski definition) is 1. The van der Waals surface area contributed by atoms with Gasteiger partial charge in [0.05, 0.1) is 10.7 Å². The van der Waals surface area contributed by atoms with Crippen LogP contribution in [-0.4, -0.2) is 37.2 Å². The van der Waals surface area contributed by atoms with Crippen LogP contribution in [-0.2, 0) is 4.74 Å². The van der Waals surface area contributed by atoms with Crippen molar-refractivity contribution in [1.29, 1.82) is 0 Å². The zero-order valence-electron chi connectivity index (χ0n) is 13.6. The first-order valence-electron chi connectivity index (χ1n) is 8.08. The summed E-state index contributed by atoms with van der Waals surface area (Å²) in [5.41, 5.74) is 0.572. The van der Waals surface area contributed by atoms with Crippen LogP contribution in [0.15, 0.2) is 24.3 Å². The Labute approximate surface area is 138 Å². The number of benzene rings is 1. The Morgan fingerprint density at radius 3 is 2.36 bits per heavy atom. The van der Waals surface area contributed by atoms with Crippen LogP contribution < -0.4 is 5.32 Å². The molecule has 124 valence electrons. The van der Waals surface area contributed by atoms with Crippen molar-refractivity contribution < 1.29 is 9.53 Å². The van der Waals surface area contributed by atoms with Crippen molar-refractivity contribution in [1.82, 2.24) is 4.90 Å². The Bertz CT molecular complexity index is 432. The monoisotopic (exact) mass is 326 g/mol. The van der Waals surface area contributed by atoms with E-state index >= 15 is 0 Å². The third kappa shape index (κ3) is 7.66. The number of hydrogen-bond acceptors (Lipinski definition) is 3. The van der Waals surface area contributed by atoms with Gasteiger partial charge in [-0.15, -0.1) is 0 Å². The first-order valence-corrected chi connectivity index (χ1v) is 8.45. The maximum Gasteiger partial charge on any atom is 0.411 e. The molecular formula is C17H27ClN2O2. The van der Waals surface area contributed by atoms with Gasteiger partial charge in [0.15, 0.2) is 0 Å². The highest BCUT2D eigenvalue weighted by molar-refractivity contribution is 6.33. The molecule has 0 aromatic heterocycles. The molecule has 0 atom stereocenters. The lowest BCUT2D eigenvalue weighted by Gasteiger charge is -2.21. The lowest BCUT2D eigenvalue weighted by molar-refractivity contribution is 0.138. The van der Waals surface area contributed by atoms with Crippen molar-refractivity contribution in [3.8, 4) is 0 Å². The van der Waals surface area contributed by atoms with Gasteiger partial charge in [0.1, 0.15) is 6.61 Å². The van der Waals surface area contributed by atoms with Crippen LogP contribution in [0.4, 0.5) is 10.5 Å². The van der Waals surface area contributed by atoms with Gasteiger partial charge < -0.3 is 4.74 Å². The van der Waals surface area contributed by atoms with Crippen molar-refractivity contribution in [2.75, 3.05) is 31.6 Å². The van der Waals surface area contributed by atoms with Crippen LogP contribution in [0.1, 0.15) is 39.5 Å². The summed E-state index contributed by atoms with van der Waals surface area (Å²) in [5.74, 6) is 0. The third-order valence-electron chi connectivity index (χ3n) is 3.41. The Kier molecular flexibility index (Phi) is 9.67. The van der Waals surface area contributed by atoms with Gasteiger partial charge in [-0.2, -0.15) is 0 Å².